The smallest absolute Gasteiger partial charge is 0.338 e. The number of hydrogen-bond acceptors (Lipinski definition) is 4. The molecule has 5 rings (SSSR count). The standard InChI is InChI=1S/C34H31N3O2/c1-4-39-34(38)27-15-19-31(20-16-27)37-32(25-11-7-5-8-12-25)23-28(33(37)26-13-9-6-10-14-26)24-35-29-17-21-30(22-18-29)36(2)3/h5-24H,4H2,1-3H3. The molecule has 1 aromatic heterocycles. The first-order valence-electron chi connectivity index (χ1n) is 13.0. The van der Waals surface area contributed by atoms with Crippen molar-refractivity contribution < 1.29 is 9.53 Å². The largest absolute Gasteiger partial charge is 0.462 e. The summed E-state index contributed by atoms with van der Waals surface area (Å²) in [6, 6.07) is 38.5. The topological polar surface area (TPSA) is 46.8 Å². The van der Waals surface area contributed by atoms with Crippen molar-refractivity contribution in [2.24, 2.45) is 4.99 Å². The molecule has 39 heavy (non-hydrogen) atoms. The van der Waals surface area contributed by atoms with E-state index in [4.69, 9.17) is 9.73 Å². The number of nitrogens with zero attached hydrogens (tertiary/aromatic N) is 3. The van der Waals surface area contributed by atoms with Gasteiger partial charge in [0.15, 0.2) is 0 Å². The molecule has 0 unspecified atom stereocenters. The molecule has 4 aromatic carbocycles. The van der Waals surface area contributed by atoms with Crippen molar-refractivity contribution in [3.05, 3.63) is 126 Å². The molecule has 0 aliphatic heterocycles. The predicted octanol–water partition coefficient (Wildman–Crippen LogP) is 7.80. The van der Waals surface area contributed by atoms with Crippen molar-refractivity contribution in [1.29, 1.82) is 0 Å². The van der Waals surface area contributed by atoms with Gasteiger partial charge in [-0.15, -0.1) is 0 Å². The lowest BCUT2D eigenvalue weighted by molar-refractivity contribution is 0.0526. The van der Waals surface area contributed by atoms with E-state index in [-0.39, 0.29) is 5.97 Å². The first-order chi connectivity index (χ1) is 19.0. The molecule has 0 fully saturated rings. The van der Waals surface area contributed by atoms with E-state index >= 15 is 0 Å². The number of anilines is 1. The molecule has 0 aliphatic rings. The van der Waals surface area contributed by atoms with E-state index in [1.54, 1.807) is 0 Å². The number of hydrogen-bond donors (Lipinski definition) is 0. The van der Waals surface area contributed by atoms with Crippen LogP contribution in [-0.2, 0) is 4.74 Å². The Morgan fingerprint density at radius 2 is 1.44 bits per heavy atom. The summed E-state index contributed by atoms with van der Waals surface area (Å²) >= 11 is 0. The summed E-state index contributed by atoms with van der Waals surface area (Å²) in [5.41, 5.74) is 8.67. The van der Waals surface area contributed by atoms with Crippen LogP contribution in [0.4, 0.5) is 11.4 Å². The molecule has 5 nitrogen and oxygen atoms in total. The second-order valence-corrected chi connectivity index (χ2v) is 9.34. The molecule has 1 heterocycles. The average Bonchev–Trinajstić information content (AvgIpc) is 3.37. The fourth-order valence-corrected chi connectivity index (χ4v) is 4.55. The van der Waals surface area contributed by atoms with Crippen LogP contribution >= 0.6 is 0 Å². The van der Waals surface area contributed by atoms with Gasteiger partial charge in [-0.05, 0) is 72.6 Å². The summed E-state index contributed by atoms with van der Waals surface area (Å²) < 4.78 is 7.42. The molecular formula is C34H31N3O2. The third kappa shape index (κ3) is 5.68. The van der Waals surface area contributed by atoms with Crippen LogP contribution in [0.25, 0.3) is 28.2 Å². The molecule has 0 saturated carbocycles. The van der Waals surface area contributed by atoms with Gasteiger partial charge in [0.2, 0.25) is 0 Å². The number of esters is 1. The maximum absolute atomic E-state index is 12.3. The summed E-state index contributed by atoms with van der Waals surface area (Å²) in [5.74, 6) is -0.323. The molecule has 0 atom stereocenters. The molecule has 0 bridgehead atoms. The van der Waals surface area contributed by atoms with E-state index in [0.717, 1.165) is 45.1 Å². The number of carbonyl (C=O) groups excluding carboxylic acids is 1. The number of rotatable bonds is 8. The van der Waals surface area contributed by atoms with Crippen molar-refractivity contribution in [3.63, 3.8) is 0 Å². The number of ether oxygens (including phenoxy) is 1. The van der Waals surface area contributed by atoms with Gasteiger partial charge in [0.1, 0.15) is 0 Å². The van der Waals surface area contributed by atoms with E-state index in [1.807, 2.05) is 100 Å². The highest BCUT2D eigenvalue weighted by molar-refractivity contribution is 5.95. The zero-order valence-electron chi connectivity index (χ0n) is 22.4. The molecule has 0 N–H and O–H groups in total. The van der Waals surface area contributed by atoms with Gasteiger partial charge in [-0.2, -0.15) is 0 Å². The molecule has 0 radical (unpaired) electrons. The first-order valence-corrected chi connectivity index (χ1v) is 13.0. The number of benzene rings is 4. The van der Waals surface area contributed by atoms with E-state index in [2.05, 4.69) is 51.9 Å². The molecular weight excluding hydrogens is 482 g/mol. The molecule has 0 aliphatic carbocycles. The maximum Gasteiger partial charge on any atom is 0.338 e. The fourth-order valence-electron chi connectivity index (χ4n) is 4.55. The highest BCUT2D eigenvalue weighted by Crippen LogP contribution is 2.36. The third-order valence-corrected chi connectivity index (χ3v) is 6.50. The third-order valence-electron chi connectivity index (χ3n) is 6.50. The summed E-state index contributed by atoms with van der Waals surface area (Å²) in [6.07, 6.45) is 1.93. The van der Waals surface area contributed by atoms with Crippen molar-refractivity contribution in [2.75, 3.05) is 25.6 Å². The van der Waals surface area contributed by atoms with Crippen LogP contribution in [0.15, 0.2) is 120 Å². The monoisotopic (exact) mass is 513 g/mol. The Kier molecular flexibility index (Phi) is 7.69. The molecule has 5 aromatic rings. The lowest BCUT2D eigenvalue weighted by Gasteiger charge is -2.15. The van der Waals surface area contributed by atoms with Crippen LogP contribution in [0.3, 0.4) is 0 Å². The Bertz CT molecular complexity index is 1570. The first kappa shape index (κ1) is 25.7. The van der Waals surface area contributed by atoms with Crippen LogP contribution in [0.2, 0.25) is 0 Å². The number of carbonyl (C=O) groups is 1. The van der Waals surface area contributed by atoms with E-state index in [9.17, 15) is 4.79 Å². The minimum absolute atomic E-state index is 0.323. The molecule has 0 spiro atoms. The van der Waals surface area contributed by atoms with Crippen molar-refractivity contribution in [1.82, 2.24) is 4.57 Å². The Balaban J connectivity index is 1.68. The van der Waals surface area contributed by atoms with E-state index in [0.29, 0.717) is 12.2 Å². The minimum Gasteiger partial charge on any atom is -0.462 e. The van der Waals surface area contributed by atoms with E-state index in [1.165, 1.54) is 0 Å². The zero-order valence-corrected chi connectivity index (χ0v) is 22.4. The van der Waals surface area contributed by atoms with Gasteiger partial charge in [0, 0.05) is 37.2 Å². The van der Waals surface area contributed by atoms with Gasteiger partial charge in [-0.3, -0.25) is 4.99 Å². The number of aliphatic imine (C=N–C) groups is 1. The lowest BCUT2D eigenvalue weighted by Crippen LogP contribution is -2.07. The Morgan fingerprint density at radius 3 is 2.03 bits per heavy atom. The normalized spacial score (nSPS) is 11.1. The van der Waals surface area contributed by atoms with Gasteiger partial charge in [-0.1, -0.05) is 60.7 Å². The van der Waals surface area contributed by atoms with Crippen LogP contribution in [0, 0.1) is 0 Å². The van der Waals surface area contributed by atoms with Crippen molar-refractivity contribution in [3.8, 4) is 28.2 Å². The lowest BCUT2D eigenvalue weighted by atomic mass is 10.1. The quantitative estimate of drug-likeness (QED) is 0.157. The zero-order chi connectivity index (χ0) is 27.2. The Hall–Kier alpha value is -4.90. The summed E-state index contributed by atoms with van der Waals surface area (Å²) in [6.45, 7) is 2.15. The van der Waals surface area contributed by atoms with Crippen molar-refractivity contribution in [2.45, 2.75) is 6.92 Å². The van der Waals surface area contributed by atoms with Gasteiger partial charge >= 0.3 is 5.97 Å². The molecule has 0 saturated heterocycles. The fraction of sp³-hybridized carbons (Fsp3) is 0.118. The minimum atomic E-state index is -0.323. The average molecular weight is 514 g/mol. The van der Waals surface area contributed by atoms with Gasteiger partial charge in [0.25, 0.3) is 0 Å². The summed E-state index contributed by atoms with van der Waals surface area (Å²) in [4.78, 5) is 19.2. The summed E-state index contributed by atoms with van der Waals surface area (Å²) in [7, 11) is 4.05. The van der Waals surface area contributed by atoms with Crippen LogP contribution in [0.5, 0.6) is 0 Å². The second kappa shape index (κ2) is 11.7. The van der Waals surface area contributed by atoms with Gasteiger partial charge in [-0.25, -0.2) is 4.79 Å². The molecule has 0 amide bonds. The van der Waals surface area contributed by atoms with Crippen LogP contribution in [0.1, 0.15) is 22.8 Å². The van der Waals surface area contributed by atoms with Gasteiger partial charge < -0.3 is 14.2 Å². The Morgan fingerprint density at radius 1 is 0.821 bits per heavy atom. The van der Waals surface area contributed by atoms with Crippen LogP contribution < -0.4 is 4.90 Å². The Labute approximate surface area is 229 Å². The van der Waals surface area contributed by atoms with E-state index < -0.39 is 0 Å². The molecule has 5 heteroatoms. The molecule has 194 valence electrons. The van der Waals surface area contributed by atoms with Crippen LogP contribution in [-0.4, -0.2) is 37.5 Å². The highest BCUT2D eigenvalue weighted by atomic mass is 16.5. The SMILES string of the molecule is CCOC(=O)c1ccc(-n2c(-c3ccccc3)cc(C=Nc3ccc(N(C)C)cc3)c2-c2ccccc2)cc1. The van der Waals surface area contributed by atoms with Gasteiger partial charge in [0.05, 0.1) is 29.2 Å². The summed E-state index contributed by atoms with van der Waals surface area (Å²) in [5, 5.41) is 0. The maximum atomic E-state index is 12.3. The number of aromatic nitrogens is 1. The second-order valence-electron chi connectivity index (χ2n) is 9.34. The van der Waals surface area contributed by atoms with Crippen molar-refractivity contribution >= 4 is 23.6 Å². The predicted molar refractivity (Wildman–Crippen MR) is 161 cm³/mol. The highest BCUT2D eigenvalue weighted by Gasteiger charge is 2.19.